The van der Waals surface area contributed by atoms with Crippen LogP contribution >= 0.6 is 0 Å². The Labute approximate surface area is 127 Å². The van der Waals surface area contributed by atoms with Crippen LogP contribution in [0.4, 0.5) is 0 Å². The van der Waals surface area contributed by atoms with Crippen molar-refractivity contribution in [3.8, 4) is 5.75 Å². The van der Waals surface area contributed by atoms with Crippen LogP contribution in [-0.2, 0) is 9.53 Å². The number of nitrogens with one attached hydrogen (secondary N) is 1. The summed E-state index contributed by atoms with van der Waals surface area (Å²) >= 11 is 0. The molecule has 1 N–H and O–H groups in total. The Morgan fingerprint density at radius 2 is 1.90 bits per heavy atom. The summed E-state index contributed by atoms with van der Waals surface area (Å²) in [6.45, 7) is 1.20. The smallest absolute Gasteiger partial charge is 0.220 e. The van der Waals surface area contributed by atoms with Gasteiger partial charge in [-0.15, -0.1) is 0 Å². The van der Waals surface area contributed by atoms with E-state index >= 15 is 0 Å². The number of carbonyl (C=O) groups is 1. The van der Waals surface area contributed by atoms with Crippen LogP contribution in [0, 0.1) is 0 Å². The molecule has 5 heteroatoms. The summed E-state index contributed by atoms with van der Waals surface area (Å²) in [7, 11) is 7.31. The first-order valence-electron chi connectivity index (χ1n) is 7.14. The fourth-order valence-electron chi connectivity index (χ4n) is 2.10. The van der Waals surface area contributed by atoms with E-state index in [1.165, 1.54) is 0 Å². The minimum absolute atomic E-state index is 0.0624. The number of methoxy groups -OCH3 is 2. The average Bonchev–Trinajstić information content (AvgIpc) is 2.48. The first-order chi connectivity index (χ1) is 10.1. The quantitative estimate of drug-likeness (QED) is 0.706. The van der Waals surface area contributed by atoms with Crippen molar-refractivity contribution in [2.24, 2.45) is 0 Å². The Bertz CT molecular complexity index is 418. The SMILES string of the molecule is COCCCC(=O)NCC(c1ccc(OC)cc1)N(C)C. The Hall–Kier alpha value is -1.59. The van der Waals surface area contributed by atoms with Crippen molar-refractivity contribution in [3.63, 3.8) is 0 Å². The summed E-state index contributed by atoms with van der Waals surface area (Å²) in [6, 6.07) is 8.07. The van der Waals surface area contributed by atoms with Crippen molar-refractivity contribution in [2.75, 3.05) is 41.5 Å². The lowest BCUT2D eigenvalue weighted by Crippen LogP contribution is -2.34. The Morgan fingerprint density at radius 1 is 1.24 bits per heavy atom. The molecule has 0 aromatic heterocycles. The molecule has 0 heterocycles. The molecular formula is C16H26N2O3. The molecule has 118 valence electrons. The van der Waals surface area contributed by atoms with Crippen LogP contribution in [0.1, 0.15) is 24.4 Å². The standard InChI is InChI=1S/C16H26N2O3/c1-18(2)15(12-17-16(19)6-5-11-20-3)13-7-9-14(21-4)10-8-13/h7-10,15H,5-6,11-12H2,1-4H3,(H,17,19). The molecule has 0 aliphatic heterocycles. The lowest BCUT2D eigenvalue weighted by Gasteiger charge is -2.25. The third-order valence-electron chi connectivity index (χ3n) is 3.37. The maximum absolute atomic E-state index is 11.8. The number of ether oxygens (including phenoxy) is 2. The van der Waals surface area contributed by atoms with E-state index in [9.17, 15) is 4.79 Å². The minimum atomic E-state index is 0.0624. The van der Waals surface area contributed by atoms with E-state index < -0.39 is 0 Å². The van der Waals surface area contributed by atoms with Crippen LogP contribution in [-0.4, -0.2) is 52.3 Å². The molecule has 0 saturated carbocycles. The number of amides is 1. The molecule has 1 rings (SSSR count). The van der Waals surface area contributed by atoms with Crippen LogP contribution < -0.4 is 10.1 Å². The van der Waals surface area contributed by atoms with Crippen molar-refractivity contribution >= 4 is 5.91 Å². The molecule has 0 spiro atoms. The van der Waals surface area contributed by atoms with Gasteiger partial charge in [-0.3, -0.25) is 4.79 Å². The summed E-state index contributed by atoms with van der Waals surface area (Å²) in [5.74, 6) is 0.896. The molecule has 1 unspecified atom stereocenters. The molecule has 0 bridgehead atoms. The molecule has 0 aliphatic rings. The number of likely N-dealkylation sites (N-methyl/N-ethyl adjacent to an activating group) is 1. The van der Waals surface area contributed by atoms with E-state index in [4.69, 9.17) is 9.47 Å². The minimum Gasteiger partial charge on any atom is -0.497 e. The second-order valence-electron chi connectivity index (χ2n) is 5.15. The van der Waals surface area contributed by atoms with Gasteiger partial charge in [0.15, 0.2) is 0 Å². The Balaban J connectivity index is 2.55. The third kappa shape index (κ3) is 6.14. The highest BCUT2D eigenvalue weighted by molar-refractivity contribution is 5.75. The number of carbonyl (C=O) groups excluding carboxylic acids is 1. The largest absolute Gasteiger partial charge is 0.497 e. The van der Waals surface area contributed by atoms with Gasteiger partial charge in [0.05, 0.1) is 13.2 Å². The van der Waals surface area contributed by atoms with E-state index in [1.54, 1.807) is 14.2 Å². The molecule has 0 fully saturated rings. The second kappa shape index (κ2) is 9.37. The van der Waals surface area contributed by atoms with Gasteiger partial charge in [-0.1, -0.05) is 12.1 Å². The van der Waals surface area contributed by atoms with Gasteiger partial charge in [0.1, 0.15) is 5.75 Å². The highest BCUT2D eigenvalue weighted by Gasteiger charge is 2.15. The molecule has 1 atom stereocenters. The topological polar surface area (TPSA) is 50.8 Å². The summed E-state index contributed by atoms with van der Waals surface area (Å²) in [4.78, 5) is 13.9. The monoisotopic (exact) mass is 294 g/mol. The van der Waals surface area contributed by atoms with Crippen molar-refractivity contribution in [1.29, 1.82) is 0 Å². The van der Waals surface area contributed by atoms with Gasteiger partial charge in [0, 0.05) is 26.7 Å². The van der Waals surface area contributed by atoms with Gasteiger partial charge < -0.3 is 19.7 Å². The molecule has 1 aromatic carbocycles. The van der Waals surface area contributed by atoms with Crippen LogP contribution in [0.15, 0.2) is 24.3 Å². The van der Waals surface area contributed by atoms with Crippen LogP contribution in [0.2, 0.25) is 0 Å². The highest BCUT2D eigenvalue weighted by atomic mass is 16.5. The van der Waals surface area contributed by atoms with E-state index in [2.05, 4.69) is 10.2 Å². The number of hydrogen-bond acceptors (Lipinski definition) is 4. The van der Waals surface area contributed by atoms with Gasteiger partial charge in [-0.05, 0) is 38.2 Å². The third-order valence-corrected chi connectivity index (χ3v) is 3.37. The predicted molar refractivity (Wildman–Crippen MR) is 83.5 cm³/mol. The van der Waals surface area contributed by atoms with Crippen molar-refractivity contribution in [3.05, 3.63) is 29.8 Å². The number of rotatable bonds is 9. The lowest BCUT2D eigenvalue weighted by molar-refractivity contribution is -0.121. The zero-order valence-corrected chi connectivity index (χ0v) is 13.4. The van der Waals surface area contributed by atoms with Gasteiger partial charge in [-0.25, -0.2) is 0 Å². The summed E-state index contributed by atoms with van der Waals surface area (Å²) in [5.41, 5.74) is 1.15. The zero-order chi connectivity index (χ0) is 15.7. The molecule has 1 amide bonds. The van der Waals surface area contributed by atoms with Gasteiger partial charge in [0.25, 0.3) is 0 Å². The first kappa shape index (κ1) is 17.5. The van der Waals surface area contributed by atoms with Gasteiger partial charge >= 0.3 is 0 Å². The molecule has 0 radical (unpaired) electrons. The maximum Gasteiger partial charge on any atom is 0.220 e. The fraction of sp³-hybridized carbons (Fsp3) is 0.562. The van der Waals surface area contributed by atoms with Gasteiger partial charge in [0.2, 0.25) is 5.91 Å². The summed E-state index contributed by atoms with van der Waals surface area (Å²) in [6.07, 6.45) is 1.24. The van der Waals surface area contributed by atoms with Crippen molar-refractivity contribution in [2.45, 2.75) is 18.9 Å². The average molecular weight is 294 g/mol. The molecular weight excluding hydrogens is 268 g/mol. The second-order valence-corrected chi connectivity index (χ2v) is 5.15. The maximum atomic E-state index is 11.8. The van der Waals surface area contributed by atoms with E-state index in [1.807, 2.05) is 38.4 Å². The molecule has 0 saturated heterocycles. The van der Waals surface area contributed by atoms with Crippen molar-refractivity contribution in [1.82, 2.24) is 10.2 Å². The molecule has 0 aliphatic carbocycles. The fourth-order valence-corrected chi connectivity index (χ4v) is 2.10. The molecule has 21 heavy (non-hydrogen) atoms. The predicted octanol–water partition coefficient (Wildman–Crippen LogP) is 1.84. The first-order valence-corrected chi connectivity index (χ1v) is 7.14. The molecule has 1 aromatic rings. The lowest BCUT2D eigenvalue weighted by atomic mass is 10.1. The van der Waals surface area contributed by atoms with Crippen LogP contribution in [0.3, 0.4) is 0 Å². The zero-order valence-electron chi connectivity index (χ0n) is 13.4. The molecule has 5 nitrogen and oxygen atoms in total. The number of benzene rings is 1. The summed E-state index contributed by atoms with van der Waals surface area (Å²) in [5, 5.41) is 2.98. The Morgan fingerprint density at radius 3 is 2.43 bits per heavy atom. The summed E-state index contributed by atoms with van der Waals surface area (Å²) < 4.78 is 10.1. The van der Waals surface area contributed by atoms with Gasteiger partial charge in [-0.2, -0.15) is 0 Å². The van der Waals surface area contributed by atoms with E-state index in [0.717, 1.165) is 17.7 Å². The number of hydrogen-bond donors (Lipinski definition) is 1. The van der Waals surface area contributed by atoms with Crippen LogP contribution in [0.25, 0.3) is 0 Å². The van der Waals surface area contributed by atoms with E-state index in [-0.39, 0.29) is 11.9 Å². The highest BCUT2D eigenvalue weighted by Crippen LogP contribution is 2.20. The number of nitrogens with zero attached hydrogens (tertiary/aromatic N) is 1. The normalized spacial score (nSPS) is 12.2. The Kier molecular flexibility index (Phi) is 7.79. The van der Waals surface area contributed by atoms with Crippen LogP contribution in [0.5, 0.6) is 5.75 Å². The van der Waals surface area contributed by atoms with E-state index in [0.29, 0.717) is 19.6 Å². The van der Waals surface area contributed by atoms with Crippen molar-refractivity contribution < 1.29 is 14.3 Å².